The van der Waals surface area contributed by atoms with Crippen molar-refractivity contribution in [2.45, 2.75) is 13.0 Å². The molecule has 0 aliphatic rings. The molecule has 17 heavy (non-hydrogen) atoms. The average molecular weight is 243 g/mol. The number of ether oxygens (including phenoxy) is 1. The van der Waals surface area contributed by atoms with Crippen LogP contribution in [0.3, 0.4) is 0 Å². The van der Waals surface area contributed by atoms with Crippen molar-refractivity contribution in [3.05, 3.63) is 42.2 Å². The van der Waals surface area contributed by atoms with Gasteiger partial charge in [0.1, 0.15) is 0 Å². The van der Waals surface area contributed by atoms with Gasteiger partial charge in [0, 0.05) is 6.54 Å². The van der Waals surface area contributed by atoms with Crippen molar-refractivity contribution in [2.24, 2.45) is 0 Å². The van der Waals surface area contributed by atoms with Gasteiger partial charge in [-0.3, -0.25) is 0 Å². The number of nitrogens with one attached hydrogen (secondary N) is 1. The van der Waals surface area contributed by atoms with Gasteiger partial charge in [0.2, 0.25) is 0 Å². The first-order chi connectivity index (χ1) is 8.15. The maximum Gasteiger partial charge on any atom is 0.187 e. The molecule has 0 amide bonds. The summed E-state index contributed by atoms with van der Waals surface area (Å²) in [6.07, 6.45) is 2.14. The van der Waals surface area contributed by atoms with E-state index in [-0.39, 0.29) is 0 Å². The van der Waals surface area contributed by atoms with Gasteiger partial charge in [-0.15, -0.1) is 0 Å². The highest BCUT2D eigenvalue weighted by molar-refractivity contribution is 5.29. The molecule has 0 unspecified atom stereocenters. The summed E-state index contributed by atoms with van der Waals surface area (Å²) >= 11 is 0. The van der Waals surface area contributed by atoms with Crippen LogP contribution in [0.2, 0.25) is 0 Å². The summed E-state index contributed by atoms with van der Waals surface area (Å²) in [6.45, 7) is 4.95. The molecule has 3 nitrogen and oxygen atoms in total. The summed E-state index contributed by atoms with van der Waals surface area (Å²) in [6, 6.07) is 2.21. The minimum Gasteiger partial charge on any atom is -0.503 e. The Kier molecular flexibility index (Phi) is 5.42. The number of aromatic hydroxyl groups is 1. The Hall–Kier alpha value is -1.62. The second-order valence-corrected chi connectivity index (χ2v) is 3.48. The Morgan fingerprint density at radius 3 is 2.59 bits per heavy atom. The van der Waals surface area contributed by atoms with Crippen LogP contribution in [-0.4, -0.2) is 18.3 Å². The highest BCUT2D eigenvalue weighted by atomic mass is 19.1. The predicted octanol–water partition coefficient (Wildman–Crippen LogP) is 2.31. The van der Waals surface area contributed by atoms with Crippen LogP contribution >= 0.6 is 0 Å². The number of benzene rings is 1. The Morgan fingerprint density at radius 2 is 2.00 bits per heavy atom. The highest BCUT2D eigenvalue weighted by Crippen LogP contribution is 2.21. The van der Waals surface area contributed by atoms with Gasteiger partial charge in [-0.25, -0.2) is 8.78 Å². The number of hydrogen-bond donors (Lipinski definition) is 2. The highest BCUT2D eigenvalue weighted by Gasteiger charge is 2.08. The molecule has 0 atom stereocenters. The van der Waals surface area contributed by atoms with E-state index in [0.29, 0.717) is 25.3 Å². The van der Waals surface area contributed by atoms with Gasteiger partial charge in [-0.05, 0) is 30.7 Å². The quantitative estimate of drug-likeness (QED) is 0.570. The summed E-state index contributed by atoms with van der Waals surface area (Å²) in [7, 11) is 0. The maximum atomic E-state index is 13.0. The summed E-state index contributed by atoms with van der Waals surface area (Å²) in [5.41, 5.74) is 0.447. The predicted molar refractivity (Wildman–Crippen MR) is 60.5 cm³/mol. The molecule has 0 aliphatic carbocycles. The number of phenolic OH excluding ortho intramolecular Hbond substituents is 1. The number of phenols is 1. The third-order valence-corrected chi connectivity index (χ3v) is 2.14. The van der Waals surface area contributed by atoms with Crippen LogP contribution in [0.25, 0.3) is 0 Å². The van der Waals surface area contributed by atoms with Crippen molar-refractivity contribution >= 4 is 0 Å². The van der Waals surface area contributed by atoms with Gasteiger partial charge in [0.15, 0.2) is 17.4 Å². The third-order valence-electron chi connectivity index (χ3n) is 2.14. The fourth-order valence-electron chi connectivity index (χ4n) is 1.32. The largest absolute Gasteiger partial charge is 0.503 e. The van der Waals surface area contributed by atoms with Gasteiger partial charge in [-0.1, -0.05) is 6.58 Å². The normalized spacial score (nSPS) is 10.2. The standard InChI is InChI=1S/C12H15F2NO2/c1-2-17-5-3-4-15-8-9-6-10(13)12(16)11(14)7-9/h2,6-7,15-16H,1,3-5,8H2. The number of halogens is 2. The Bertz CT molecular complexity index is 360. The van der Waals surface area contributed by atoms with Crippen molar-refractivity contribution in [2.75, 3.05) is 13.2 Å². The van der Waals surface area contributed by atoms with Crippen molar-refractivity contribution in [1.82, 2.24) is 5.32 Å². The van der Waals surface area contributed by atoms with Crippen LogP contribution in [0.1, 0.15) is 12.0 Å². The van der Waals surface area contributed by atoms with Crippen LogP contribution < -0.4 is 5.32 Å². The summed E-state index contributed by atoms with van der Waals surface area (Å²) < 4.78 is 30.8. The molecule has 0 saturated carbocycles. The van der Waals surface area contributed by atoms with Crippen LogP contribution in [0.5, 0.6) is 5.75 Å². The van der Waals surface area contributed by atoms with E-state index in [1.54, 1.807) is 0 Å². The lowest BCUT2D eigenvalue weighted by molar-refractivity contribution is 0.244. The van der Waals surface area contributed by atoms with Crippen molar-refractivity contribution < 1.29 is 18.6 Å². The third kappa shape index (κ3) is 4.40. The Balaban J connectivity index is 2.34. The van der Waals surface area contributed by atoms with Gasteiger partial charge in [-0.2, -0.15) is 0 Å². The minimum atomic E-state index is -0.947. The molecule has 1 rings (SSSR count). The molecule has 0 aliphatic heterocycles. The molecule has 2 N–H and O–H groups in total. The maximum absolute atomic E-state index is 13.0. The number of hydrogen-bond acceptors (Lipinski definition) is 3. The van der Waals surface area contributed by atoms with E-state index in [9.17, 15) is 8.78 Å². The molecule has 0 bridgehead atoms. The molecular formula is C12H15F2NO2. The van der Waals surface area contributed by atoms with E-state index in [1.807, 2.05) is 0 Å². The zero-order valence-corrected chi connectivity index (χ0v) is 9.38. The van der Waals surface area contributed by atoms with E-state index < -0.39 is 17.4 Å². The fraction of sp³-hybridized carbons (Fsp3) is 0.333. The molecule has 1 aromatic carbocycles. The fourth-order valence-corrected chi connectivity index (χ4v) is 1.32. The van der Waals surface area contributed by atoms with Crippen LogP contribution in [0, 0.1) is 11.6 Å². The van der Waals surface area contributed by atoms with Gasteiger partial charge in [0.05, 0.1) is 12.9 Å². The molecule has 5 heteroatoms. The number of rotatable bonds is 7. The van der Waals surface area contributed by atoms with Crippen LogP contribution in [-0.2, 0) is 11.3 Å². The zero-order valence-electron chi connectivity index (χ0n) is 9.38. The smallest absolute Gasteiger partial charge is 0.187 e. The van der Waals surface area contributed by atoms with Gasteiger partial charge < -0.3 is 15.2 Å². The lowest BCUT2D eigenvalue weighted by Gasteiger charge is -2.06. The molecular weight excluding hydrogens is 228 g/mol. The van der Waals surface area contributed by atoms with E-state index >= 15 is 0 Å². The van der Waals surface area contributed by atoms with Gasteiger partial charge >= 0.3 is 0 Å². The molecule has 1 aromatic rings. The molecule has 94 valence electrons. The minimum absolute atomic E-state index is 0.336. The summed E-state index contributed by atoms with van der Waals surface area (Å²) in [5, 5.41) is 11.9. The molecule has 0 aromatic heterocycles. The van der Waals surface area contributed by atoms with E-state index in [1.165, 1.54) is 6.26 Å². The zero-order chi connectivity index (χ0) is 12.7. The SMILES string of the molecule is C=COCCCNCc1cc(F)c(O)c(F)c1. The van der Waals surface area contributed by atoms with Gasteiger partial charge in [0.25, 0.3) is 0 Å². The van der Waals surface area contributed by atoms with Crippen molar-refractivity contribution in [3.63, 3.8) is 0 Å². The lowest BCUT2D eigenvalue weighted by Crippen LogP contribution is -2.16. The van der Waals surface area contributed by atoms with Crippen molar-refractivity contribution in [3.8, 4) is 5.75 Å². The Labute approximate surface area is 98.7 Å². The van der Waals surface area contributed by atoms with Crippen LogP contribution in [0.15, 0.2) is 25.0 Å². The monoisotopic (exact) mass is 243 g/mol. The first-order valence-corrected chi connectivity index (χ1v) is 5.25. The van der Waals surface area contributed by atoms with Crippen LogP contribution in [0.4, 0.5) is 8.78 Å². The Morgan fingerprint density at radius 1 is 1.35 bits per heavy atom. The molecule has 0 fully saturated rings. The first-order valence-electron chi connectivity index (χ1n) is 5.25. The molecule has 0 spiro atoms. The first kappa shape index (κ1) is 13.4. The van der Waals surface area contributed by atoms with E-state index in [2.05, 4.69) is 11.9 Å². The molecule has 0 radical (unpaired) electrons. The molecule has 0 saturated heterocycles. The van der Waals surface area contributed by atoms with E-state index in [4.69, 9.17) is 9.84 Å². The second kappa shape index (κ2) is 6.85. The molecule has 0 heterocycles. The van der Waals surface area contributed by atoms with E-state index in [0.717, 1.165) is 18.6 Å². The second-order valence-electron chi connectivity index (χ2n) is 3.48. The lowest BCUT2D eigenvalue weighted by atomic mass is 10.2. The van der Waals surface area contributed by atoms with Crippen molar-refractivity contribution in [1.29, 1.82) is 0 Å². The summed E-state index contributed by atoms with van der Waals surface area (Å²) in [5.74, 6) is -2.83. The average Bonchev–Trinajstić information content (AvgIpc) is 2.30. The summed E-state index contributed by atoms with van der Waals surface area (Å²) in [4.78, 5) is 0. The topological polar surface area (TPSA) is 41.5 Å².